The van der Waals surface area contributed by atoms with Crippen molar-refractivity contribution < 1.29 is 12.8 Å². The van der Waals surface area contributed by atoms with E-state index in [0.717, 1.165) is 12.0 Å². The number of nitrogens with one attached hydrogen (secondary N) is 1. The van der Waals surface area contributed by atoms with Crippen molar-refractivity contribution in [1.82, 2.24) is 5.32 Å². The highest BCUT2D eigenvalue weighted by atomic mass is 32.2. The number of rotatable bonds is 6. The molecule has 3 nitrogen and oxygen atoms in total. The van der Waals surface area contributed by atoms with Crippen LogP contribution in [0, 0.1) is 12.7 Å². The van der Waals surface area contributed by atoms with Crippen LogP contribution in [0.4, 0.5) is 4.39 Å². The van der Waals surface area contributed by atoms with Crippen LogP contribution in [0.3, 0.4) is 0 Å². The lowest BCUT2D eigenvalue weighted by atomic mass is 10.0. The van der Waals surface area contributed by atoms with Crippen molar-refractivity contribution in [3.05, 3.63) is 35.1 Å². The smallest absolute Gasteiger partial charge is 0.151 e. The van der Waals surface area contributed by atoms with Gasteiger partial charge in [0, 0.05) is 11.8 Å². The Balaban J connectivity index is 3.19. The van der Waals surface area contributed by atoms with Crippen LogP contribution >= 0.6 is 0 Å². The predicted octanol–water partition coefficient (Wildman–Crippen LogP) is 2.61. The third-order valence-corrected chi connectivity index (χ3v) is 4.87. The summed E-state index contributed by atoms with van der Waals surface area (Å²) in [4.78, 5) is 0. The van der Waals surface area contributed by atoms with E-state index in [-0.39, 0.29) is 5.82 Å². The number of hydrogen-bond donors (Lipinski definition) is 1. The van der Waals surface area contributed by atoms with Gasteiger partial charge in [-0.05, 0) is 32.9 Å². The Kier molecular flexibility index (Phi) is 5.50. The fourth-order valence-corrected chi connectivity index (χ4v) is 2.71. The summed E-state index contributed by atoms with van der Waals surface area (Å²) >= 11 is 0. The van der Waals surface area contributed by atoms with Gasteiger partial charge in [-0.15, -0.1) is 0 Å². The highest BCUT2D eigenvalue weighted by molar-refractivity contribution is 7.91. The van der Waals surface area contributed by atoms with Crippen LogP contribution < -0.4 is 5.32 Å². The summed E-state index contributed by atoms with van der Waals surface area (Å²) < 4.78 is 37.4. The molecule has 0 bridgehead atoms. The van der Waals surface area contributed by atoms with E-state index in [1.54, 1.807) is 19.1 Å². The Morgan fingerprint density at radius 2 is 2.00 bits per heavy atom. The fourth-order valence-electron chi connectivity index (χ4n) is 1.98. The van der Waals surface area contributed by atoms with E-state index in [9.17, 15) is 12.8 Å². The summed E-state index contributed by atoms with van der Waals surface area (Å²) in [5.41, 5.74) is 1.34. The first-order valence-electron chi connectivity index (χ1n) is 6.45. The molecule has 1 aromatic rings. The fraction of sp³-hybridized carbons (Fsp3) is 0.571. The van der Waals surface area contributed by atoms with Crippen LogP contribution in [0.25, 0.3) is 0 Å². The van der Waals surface area contributed by atoms with Crippen LogP contribution in [0.1, 0.15) is 37.4 Å². The van der Waals surface area contributed by atoms with Gasteiger partial charge in [0.2, 0.25) is 0 Å². The van der Waals surface area contributed by atoms with Gasteiger partial charge in [-0.3, -0.25) is 0 Å². The first-order chi connectivity index (χ1) is 8.77. The largest absolute Gasteiger partial charge is 0.309 e. The second-order valence-corrected chi connectivity index (χ2v) is 7.39. The van der Waals surface area contributed by atoms with Crippen LogP contribution in [0.5, 0.6) is 0 Å². The molecule has 0 aliphatic rings. The van der Waals surface area contributed by atoms with Crippen molar-refractivity contribution in [2.45, 2.75) is 38.5 Å². The zero-order valence-electron chi connectivity index (χ0n) is 11.9. The van der Waals surface area contributed by atoms with E-state index in [1.165, 1.54) is 12.3 Å². The number of benzene rings is 1. The van der Waals surface area contributed by atoms with Crippen molar-refractivity contribution in [3.8, 4) is 0 Å². The second kappa shape index (κ2) is 6.48. The molecule has 108 valence electrons. The van der Waals surface area contributed by atoms with Gasteiger partial charge in [-0.25, -0.2) is 12.8 Å². The Hall–Kier alpha value is -0.940. The molecular formula is C14H22FNO2S. The van der Waals surface area contributed by atoms with Gasteiger partial charge >= 0.3 is 0 Å². The molecule has 0 aliphatic heterocycles. The molecule has 0 aromatic heterocycles. The maximum Gasteiger partial charge on any atom is 0.151 e. The maximum absolute atomic E-state index is 14.0. The standard InChI is InChI=1S/C14H22FNO2S/c1-5-8-16-14(11(3)19(4,17)18)12-9-10(2)6-7-13(12)15/h6-7,9,11,14,16H,5,8H2,1-4H3. The number of sulfone groups is 1. The third kappa shape index (κ3) is 4.28. The molecular weight excluding hydrogens is 265 g/mol. The van der Waals surface area contributed by atoms with Crippen molar-refractivity contribution in [1.29, 1.82) is 0 Å². The Morgan fingerprint density at radius 3 is 2.53 bits per heavy atom. The van der Waals surface area contributed by atoms with Gasteiger partial charge in [-0.2, -0.15) is 0 Å². The van der Waals surface area contributed by atoms with Gasteiger partial charge in [0.1, 0.15) is 5.82 Å². The molecule has 2 atom stereocenters. The molecule has 19 heavy (non-hydrogen) atoms. The average molecular weight is 287 g/mol. The lowest BCUT2D eigenvalue weighted by molar-refractivity contribution is 0.478. The molecule has 0 heterocycles. The van der Waals surface area contributed by atoms with Gasteiger partial charge in [0.15, 0.2) is 9.84 Å². The first kappa shape index (κ1) is 16.1. The molecule has 0 aliphatic carbocycles. The van der Waals surface area contributed by atoms with E-state index >= 15 is 0 Å². The lowest BCUT2D eigenvalue weighted by Gasteiger charge is -2.25. The van der Waals surface area contributed by atoms with E-state index in [4.69, 9.17) is 0 Å². The minimum Gasteiger partial charge on any atom is -0.309 e. The van der Waals surface area contributed by atoms with Gasteiger partial charge in [0.05, 0.1) is 11.3 Å². The Labute approximate surface area is 115 Å². The quantitative estimate of drug-likeness (QED) is 0.875. The summed E-state index contributed by atoms with van der Waals surface area (Å²) in [5, 5.41) is 2.47. The van der Waals surface area contributed by atoms with Crippen LogP contribution in [0.15, 0.2) is 18.2 Å². The average Bonchev–Trinajstić information content (AvgIpc) is 2.32. The monoisotopic (exact) mass is 287 g/mol. The Morgan fingerprint density at radius 1 is 1.37 bits per heavy atom. The van der Waals surface area contributed by atoms with Crippen molar-refractivity contribution in [3.63, 3.8) is 0 Å². The molecule has 1 rings (SSSR count). The normalized spacial score (nSPS) is 15.2. The van der Waals surface area contributed by atoms with E-state index in [0.29, 0.717) is 12.1 Å². The highest BCUT2D eigenvalue weighted by Gasteiger charge is 2.28. The van der Waals surface area contributed by atoms with Gasteiger partial charge in [-0.1, -0.05) is 24.6 Å². The summed E-state index contributed by atoms with van der Waals surface area (Å²) in [7, 11) is -3.24. The molecule has 0 saturated heterocycles. The summed E-state index contributed by atoms with van der Waals surface area (Å²) in [6.07, 6.45) is 2.05. The minimum absolute atomic E-state index is 0.366. The zero-order valence-corrected chi connectivity index (χ0v) is 12.7. The van der Waals surface area contributed by atoms with E-state index < -0.39 is 21.1 Å². The molecule has 0 fully saturated rings. The zero-order chi connectivity index (χ0) is 14.6. The molecule has 1 N–H and O–H groups in total. The van der Waals surface area contributed by atoms with Crippen LogP contribution in [-0.2, 0) is 9.84 Å². The summed E-state index contributed by atoms with van der Waals surface area (Å²) in [6, 6.07) is 4.26. The molecule has 0 saturated carbocycles. The molecule has 0 amide bonds. The van der Waals surface area contributed by atoms with Gasteiger partial charge < -0.3 is 5.32 Å². The highest BCUT2D eigenvalue weighted by Crippen LogP contribution is 2.25. The Bertz CT molecular complexity index is 528. The molecule has 2 unspecified atom stereocenters. The summed E-state index contributed by atoms with van der Waals surface area (Å²) in [6.45, 7) is 6.12. The topological polar surface area (TPSA) is 46.2 Å². The van der Waals surface area contributed by atoms with E-state index in [1.807, 2.05) is 13.8 Å². The van der Waals surface area contributed by atoms with Crippen molar-refractivity contribution in [2.24, 2.45) is 0 Å². The SMILES string of the molecule is CCCNC(c1cc(C)ccc1F)C(C)S(C)(=O)=O. The van der Waals surface area contributed by atoms with Crippen molar-refractivity contribution >= 4 is 9.84 Å². The second-order valence-electron chi connectivity index (χ2n) is 4.99. The maximum atomic E-state index is 14.0. The van der Waals surface area contributed by atoms with Gasteiger partial charge in [0.25, 0.3) is 0 Å². The first-order valence-corrected chi connectivity index (χ1v) is 8.41. The number of halogens is 1. The molecule has 1 aromatic carbocycles. The van der Waals surface area contributed by atoms with Crippen molar-refractivity contribution in [2.75, 3.05) is 12.8 Å². The third-order valence-electron chi connectivity index (χ3n) is 3.25. The molecule has 5 heteroatoms. The summed E-state index contributed by atoms with van der Waals surface area (Å²) in [5.74, 6) is -0.366. The predicted molar refractivity (Wildman–Crippen MR) is 76.5 cm³/mol. The van der Waals surface area contributed by atoms with Crippen LogP contribution in [-0.4, -0.2) is 26.5 Å². The van der Waals surface area contributed by atoms with Crippen LogP contribution in [0.2, 0.25) is 0 Å². The number of hydrogen-bond acceptors (Lipinski definition) is 3. The molecule has 0 radical (unpaired) electrons. The molecule has 0 spiro atoms. The minimum atomic E-state index is -3.24. The lowest BCUT2D eigenvalue weighted by Crippen LogP contribution is -2.36. The van der Waals surface area contributed by atoms with E-state index in [2.05, 4.69) is 5.32 Å². The number of aryl methyl sites for hydroxylation is 1.